The lowest BCUT2D eigenvalue weighted by molar-refractivity contribution is -0.150. The zero-order valence-electron chi connectivity index (χ0n) is 22.1. The highest BCUT2D eigenvalue weighted by molar-refractivity contribution is 5.90. The van der Waals surface area contributed by atoms with Crippen LogP contribution >= 0.6 is 0 Å². The predicted molar refractivity (Wildman–Crippen MR) is 146 cm³/mol. The lowest BCUT2D eigenvalue weighted by atomic mass is 9.98. The molecule has 3 aromatic rings. The SMILES string of the molecule is CC(OCc1ccccc1)C(NC(=O)OCC1c2ccccc2-c2ccccc21)C(=O)N1C[C@H](O)C[C@H]1C(=O)O. The molecule has 0 aromatic heterocycles. The first-order chi connectivity index (χ1) is 19.3. The van der Waals surface area contributed by atoms with Crippen molar-refractivity contribution in [3.8, 4) is 11.1 Å². The topological polar surface area (TPSA) is 125 Å². The summed E-state index contributed by atoms with van der Waals surface area (Å²) >= 11 is 0. The number of fused-ring (bicyclic) bond motifs is 3. The van der Waals surface area contributed by atoms with Crippen molar-refractivity contribution >= 4 is 18.0 Å². The van der Waals surface area contributed by atoms with Crippen molar-refractivity contribution in [2.75, 3.05) is 13.2 Å². The van der Waals surface area contributed by atoms with Crippen LogP contribution in [-0.4, -0.2) is 70.5 Å². The van der Waals surface area contributed by atoms with E-state index < -0.39 is 42.3 Å². The number of rotatable bonds is 9. The molecule has 2 aliphatic rings. The lowest BCUT2D eigenvalue weighted by Gasteiger charge is -2.30. The molecule has 4 atom stereocenters. The highest BCUT2D eigenvalue weighted by atomic mass is 16.5. The van der Waals surface area contributed by atoms with Gasteiger partial charge < -0.3 is 29.9 Å². The van der Waals surface area contributed by atoms with Crippen molar-refractivity contribution in [3.05, 3.63) is 95.6 Å². The molecule has 2 amide bonds. The van der Waals surface area contributed by atoms with Gasteiger partial charge in [-0.2, -0.15) is 0 Å². The van der Waals surface area contributed by atoms with Gasteiger partial charge in [-0.15, -0.1) is 0 Å². The fourth-order valence-corrected chi connectivity index (χ4v) is 5.52. The van der Waals surface area contributed by atoms with Gasteiger partial charge in [-0.1, -0.05) is 78.9 Å². The van der Waals surface area contributed by atoms with Gasteiger partial charge in [-0.05, 0) is 34.7 Å². The van der Waals surface area contributed by atoms with E-state index in [0.29, 0.717) is 0 Å². The molecule has 40 heavy (non-hydrogen) atoms. The monoisotopic (exact) mass is 544 g/mol. The van der Waals surface area contributed by atoms with Crippen LogP contribution in [0.2, 0.25) is 0 Å². The summed E-state index contributed by atoms with van der Waals surface area (Å²) in [6.45, 7) is 1.73. The van der Waals surface area contributed by atoms with Gasteiger partial charge in [-0.25, -0.2) is 9.59 Å². The van der Waals surface area contributed by atoms with E-state index >= 15 is 0 Å². The van der Waals surface area contributed by atoms with Crippen LogP contribution in [0.3, 0.4) is 0 Å². The summed E-state index contributed by atoms with van der Waals surface area (Å²) in [5, 5.41) is 22.3. The molecule has 9 heteroatoms. The van der Waals surface area contributed by atoms with Crippen LogP contribution < -0.4 is 5.32 Å². The second kappa shape index (κ2) is 11.9. The molecule has 3 N–H and O–H groups in total. The Morgan fingerprint density at radius 3 is 2.17 bits per heavy atom. The van der Waals surface area contributed by atoms with E-state index in [-0.39, 0.29) is 32.1 Å². The average Bonchev–Trinajstić information content (AvgIpc) is 3.52. The van der Waals surface area contributed by atoms with E-state index in [0.717, 1.165) is 32.7 Å². The van der Waals surface area contributed by atoms with Gasteiger partial charge in [0.05, 0.1) is 18.8 Å². The first kappa shape index (κ1) is 27.4. The first-order valence-corrected chi connectivity index (χ1v) is 13.3. The Morgan fingerprint density at radius 2 is 1.55 bits per heavy atom. The number of amides is 2. The number of aliphatic hydroxyl groups is 1. The molecule has 3 aromatic carbocycles. The molecule has 1 heterocycles. The number of aliphatic hydroxyl groups excluding tert-OH is 1. The summed E-state index contributed by atoms with van der Waals surface area (Å²) in [6, 6.07) is 22.9. The van der Waals surface area contributed by atoms with Crippen LogP contribution in [0, 0.1) is 0 Å². The number of hydrogen-bond donors (Lipinski definition) is 3. The third kappa shape index (κ3) is 5.71. The minimum Gasteiger partial charge on any atom is -0.480 e. The van der Waals surface area contributed by atoms with Crippen LogP contribution in [0.1, 0.15) is 36.0 Å². The minimum atomic E-state index is -1.23. The zero-order valence-corrected chi connectivity index (χ0v) is 22.1. The van der Waals surface area contributed by atoms with E-state index in [1.54, 1.807) is 6.92 Å². The van der Waals surface area contributed by atoms with Crippen molar-refractivity contribution in [1.29, 1.82) is 0 Å². The Bertz CT molecular complexity index is 1330. The van der Waals surface area contributed by atoms with Gasteiger partial charge in [0.1, 0.15) is 18.7 Å². The number of aliphatic carboxylic acids is 1. The van der Waals surface area contributed by atoms with Crippen molar-refractivity contribution in [1.82, 2.24) is 10.2 Å². The molecular formula is C31H32N2O7. The van der Waals surface area contributed by atoms with Crippen LogP contribution in [0.15, 0.2) is 78.9 Å². The van der Waals surface area contributed by atoms with Crippen LogP contribution in [-0.2, 0) is 25.7 Å². The molecule has 1 aliphatic carbocycles. The van der Waals surface area contributed by atoms with Gasteiger partial charge in [0.15, 0.2) is 0 Å². The highest BCUT2D eigenvalue weighted by Gasteiger charge is 2.43. The van der Waals surface area contributed by atoms with Gasteiger partial charge in [0.2, 0.25) is 5.91 Å². The molecule has 2 unspecified atom stereocenters. The Labute approximate surface area is 232 Å². The predicted octanol–water partition coefficient (Wildman–Crippen LogP) is 3.55. The van der Waals surface area contributed by atoms with Crippen LogP contribution in [0.4, 0.5) is 4.79 Å². The summed E-state index contributed by atoms with van der Waals surface area (Å²) in [4.78, 5) is 39.5. The van der Waals surface area contributed by atoms with Gasteiger partial charge in [0.25, 0.3) is 0 Å². The van der Waals surface area contributed by atoms with E-state index in [4.69, 9.17) is 9.47 Å². The van der Waals surface area contributed by atoms with Crippen molar-refractivity contribution < 1.29 is 34.1 Å². The number of carboxylic acid groups (broad SMARTS) is 1. The Kier molecular flexibility index (Phi) is 8.14. The largest absolute Gasteiger partial charge is 0.480 e. The van der Waals surface area contributed by atoms with E-state index in [1.807, 2.05) is 78.9 Å². The molecule has 5 rings (SSSR count). The number of ether oxygens (including phenoxy) is 2. The quantitative estimate of drug-likeness (QED) is 0.376. The number of carboxylic acids is 1. The molecular weight excluding hydrogens is 512 g/mol. The zero-order chi connectivity index (χ0) is 28.2. The number of carbonyl (C=O) groups excluding carboxylic acids is 2. The van der Waals surface area contributed by atoms with Crippen LogP contribution in [0.25, 0.3) is 11.1 Å². The third-order valence-corrected chi connectivity index (χ3v) is 7.56. The summed E-state index contributed by atoms with van der Waals surface area (Å²) in [5.74, 6) is -2.04. The molecule has 0 radical (unpaired) electrons. The third-order valence-electron chi connectivity index (χ3n) is 7.56. The van der Waals surface area contributed by atoms with Crippen molar-refractivity contribution in [2.45, 2.75) is 50.2 Å². The van der Waals surface area contributed by atoms with Gasteiger partial charge >= 0.3 is 12.1 Å². The number of nitrogens with zero attached hydrogens (tertiary/aromatic N) is 1. The molecule has 9 nitrogen and oxygen atoms in total. The molecule has 0 spiro atoms. The first-order valence-electron chi connectivity index (χ1n) is 13.3. The summed E-state index contributed by atoms with van der Waals surface area (Å²) in [6.07, 6.45) is -2.69. The van der Waals surface area contributed by atoms with Crippen molar-refractivity contribution in [2.24, 2.45) is 0 Å². The fourth-order valence-electron chi connectivity index (χ4n) is 5.52. The van der Waals surface area contributed by atoms with Gasteiger partial charge in [-0.3, -0.25) is 4.79 Å². The Balaban J connectivity index is 1.31. The van der Waals surface area contributed by atoms with E-state index in [2.05, 4.69) is 5.32 Å². The second-order valence-electron chi connectivity index (χ2n) is 10.2. The smallest absolute Gasteiger partial charge is 0.407 e. The normalized spacial score (nSPS) is 19.4. The molecule has 208 valence electrons. The van der Waals surface area contributed by atoms with E-state index in [9.17, 15) is 24.6 Å². The summed E-state index contributed by atoms with van der Waals surface area (Å²) < 4.78 is 11.6. The second-order valence-corrected chi connectivity index (χ2v) is 10.2. The number of β-amino-alcohol motifs (C(OH)–C–C–N with tert-alkyl or cyclic N) is 1. The number of benzene rings is 3. The fraction of sp³-hybridized carbons (Fsp3) is 0.323. The van der Waals surface area contributed by atoms with Crippen LogP contribution in [0.5, 0.6) is 0 Å². The van der Waals surface area contributed by atoms with E-state index in [1.165, 1.54) is 0 Å². The Hall–Kier alpha value is -4.21. The number of carbonyl (C=O) groups is 3. The maximum absolute atomic E-state index is 13.6. The van der Waals surface area contributed by atoms with Crippen molar-refractivity contribution in [3.63, 3.8) is 0 Å². The number of alkyl carbamates (subject to hydrolysis) is 1. The highest BCUT2D eigenvalue weighted by Crippen LogP contribution is 2.44. The standard InChI is InChI=1S/C31H32N2O7/c1-19(39-17-20-9-3-2-4-10-20)28(29(35)33-16-21(34)15-27(33)30(36)37)32-31(38)40-18-26-24-13-7-5-11-22(24)23-12-6-8-14-25(23)26/h2-14,19,21,26-28,34H,15-18H2,1H3,(H,32,38)(H,36,37)/t19?,21-,27+,28?/m1/s1. The summed E-state index contributed by atoms with van der Waals surface area (Å²) in [5.41, 5.74) is 5.17. The molecule has 0 bridgehead atoms. The molecule has 1 fully saturated rings. The average molecular weight is 545 g/mol. The number of nitrogens with one attached hydrogen (secondary N) is 1. The maximum atomic E-state index is 13.6. The maximum Gasteiger partial charge on any atom is 0.407 e. The molecule has 0 saturated carbocycles. The molecule has 1 saturated heterocycles. The molecule has 1 aliphatic heterocycles. The number of likely N-dealkylation sites (tertiary alicyclic amines) is 1. The Morgan fingerprint density at radius 1 is 0.950 bits per heavy atom. The minimum absolute atomic E-state index is 0.0558. The lowest BCUT2D eigenvalue weighted by Crippen LogP contribution is -2.56. The van der Waals surface area contributed by atoms with Gasteiger partial charge in [0, 0.05) is 18.9 Å². The summed E-state index contributed by atoms with van der Waals surface area (Å²) in [7, 11) is 0. The number of hydrogen-bond acceptors (Lipinski definition) is 6.